The molecule has 0 N–H and O–H groups in total. The molecule has 0 saturated carbocycles. The summed E-state index contributed by atoms with van der Waals surface area (Å²) in [6.45, 7) is 0. The molecule has 61 heavy (non-hydrogen) atoms. The van der Waals surface area contributed by atoms with Crippen LogP contribution in [0.25, 0.3) is 91.8 Å². The topological polar surface area (TPSA) is 8.17 Å². The van der Waals surface area contributed by atoms with Gasteiger partial charge in [-0.05, 0) is 105 Å². The average Bonchev–Trinajstić information content (AvgIpc) is 3.88. The van der Waals surface area contributed by atoms with Crippen LogP contribution >= 0.6 is 11.3 Å². The number of anilines is 3. The number of para-hydroxylation sites is 2. The van der Waals surface area contributed by atoms with Crippen molar-refractivity contribution in [2.45, 2.75) is 0 Å². The maximum atomic E-state index is 2.46. The molecule has 12 rings (SSSR count). The quantitative estimate of drug-likeness (QED) is 0.156. The van der Waals surface area contributed by atoms with Gasteiger partial charge in [0.15, 0.2) is 0 Å². The van der Waals surface area contributed by atoms with Gasteiger partial charge in [0.25, 0.3) is 0 Å². The average molecular weight is 795 g/mol. The lowest BCUT2D eigenvalue weighted by Crippen LogP contribution is -2.11. The van der Waals surface area contributed by atoms with Crippen LogP contribution < -0.4 is 4.90 Å². The van der Waals surface area contributed by atoms with Crippen molar-refractivity contribution in [3.8, 4) is 39.1 Å². The number of nitrogens with zero attached hydrogens (tertiary/aromatic N) is 2. The third-order valence-electron chi connectivity index (χ3n) is 12.2. The van der Waals surface area contributed by atoms with Crippen LogP contribution in [0.4, 0.5) is 17.1 Å². The summed E-state index contributed by atoms with van der Waals surface area (Å²) >= 11 is 1.85. The molecule has 0 aliphatic carbocycles. The van der Waals surface area contributed by atoms with Crippen LogP contribution in [0.3, 0.4) is 0 Å². The molecule has 2 nitrogen and oxygen atoms in total. The van der Waals surface area contributed by atoms with Crippen LogP contribution in [0, 0.1) is 0 Å². The Labute approximate surface area is 358 Å². The highest BCUT2D eigenvalue weighted by molar-refractivity contribution is 7.25. The maximum Gasteiger partial charge on any atom is 0.0546 e. The van der Waals surface area contributed by atoms with Crippen molar-refractivity contribution in [3.05, 3.63) is 231 Å². The smallest absolute Gasteiger partial charge is 0.0546 e. The van der Waals surface area contributed by atoms with Gasteiger partial charge in [0, 0.05) is 53.6 Å². The minimum absolute atomic E-state index is 1.09. The van der Waals surface area contributed by atoms with E-state index < -0.39 is 0 Å². The van der Waals surface area contributed by atoms with E-state index in [1.807, 2.05) is 11.3 Å². The molecular weight excluding hydrogens is 757 g/mol. The zero-order valence-corrected chi connectivity index (χ0v) is 34.1. The normalized spacial score (nSPS) is 11.6. The molecule has 2 heterocycles. The summed E-state index contributed by atoms with van der Waals surface area (Å²) in [5.74, 6) is 0. The fraction of sp³-hybridized carbons (Fsp3) is 0. The molecule has 12 aromatic rings. The first-order valence-electron chi connectivity index (χ1n) is 20.8. The molecule has 10 aromatic carbocycles. The number of hydrogen-bond donors (Lipinski definition) is 0. The monoisotopic (exact) mass is 794 g/mol. The summed E-state index contributed by atoms with van der Waals surface area (Å²) in [6.07, 6.45) is 0. The van der Waals surface area contributed by atoms with Crippen LogP contribution in [0.5, 0.6) is 0 Å². The summed E-state index contributed by atoms with van der Waals surface area (Å²) in [5.41, 5.74) is 14.0. The molecule has 0 bridgehead atoms. The largest absolute Gasteiger partial charge is 0.310 e. The molecule has 0 saturated heterocycles. The summed E-state index contributed by atoms with van der Waals surface area (Å²) in [7, 11) is 0. The highest BCUT2D eigenvalue weighted by Crippen LogP contribution is 2.46. The van der Waals surface area contributed by atoms with E-state index in [-0.39, 0.29) is 0 Å². The lowest BCUT2D eigenvalue weighted by atomic mass is 9.94. The second kappa shape index (κ2) is 14.5. The first-order chi connectivity index (χ1) is 30.2. The summed E-state index contributed by atoms with van der Waals surface area (Å²) < 4.78 is 4.98. The van der Waals surface area contributed by atoms with Crippen molar-refractivity contribution in [1.29, 1.82) is 0 Å². The van der Waals surface area contributed by atoms with Gasteiger partial charge in [0.05, 0.1) is 16.7 Å². The molecule has 0 spiro atoms. The SMILES string of the molecule is c1ccc(-c2ccc(-c3cccc4ccccc34)cc2N(c2ccc(-c3cccc(-n4c5ccccc5c5ccccc54)c3)cc2)c2ccc3sc4ccccc4c3c2)cc1. The van der Waals surface area contributed by atoms with Gasteiger partial charge in [-0.15, -0.1) is 11.3 Å². The van der Waals surface area contributed by atoms with E-state index in [1.54, 1.807) is 0 Å². The summed E-state index contributed by atoms with van der Waals surface area (Å²) in [5, 5.41) is 7.57. The van der Waals surface area contributed by atoms with Gasteiger partial charge in [-0.3, -0.25) is 0 Å². The van der Waals surface area contributed by atoms with Crippen molar-refractivity contribution >= 4 is 81.1 Å². The zero-order valence-electron chi connectivity index (χ0n) is 33.2. The van der Waals surface area contributed by atoms with E-state index >= 15 is 0 Å². The highest BCUT2D eigenvalue weighted by atomic mass is 32.1. The third-order valence-corrected chi connectivity index (χ3v) is 13.3. The van der Waals surface area contributed by atoms with Crippen molar-refractivity contribution in [2.75, 3.05) is 4.90 Å². The first kappa shape index (κ1) is 35.2. The lowest BCUT2D eigenvalue weighted by Gasteiger charge is -2.29. The second-order valence-corrected chi connectivity index (χ2v) is 16.8. The molecule has 0 amide bonds. The van der Waals surface area contributed by atoms with E-state index in [0.717, 1.165) is 22.7 Å². The number of thiophene rings is 1. The van der Waals surface area contributed by atoms with Gasteiger partial charge in [-0.2, -0.15) is 0 Å². The van der Waals surface area contributed by atoms with Crippen LogP contribution in [-0.4, -0.2) is 4.57 Å². The van der Waals surface area contributed by atoms with Crippen molar-refractivity contribution in [2.24, 2.45) is 0 Å². The van der Waals surface area contributed by atoms with Crippen LogP contribution in [0.2, 0.25) is 0 Å². The number of rotatable bonds is 7. The molecule has 0 radical (unpaired) electrons. The Kier molecular flexibility index (Phi) is 8.39. The number of hydrogen-bond acceptors (Lipinski definition) is 2. The third kappa shape index (κ3) is 6.01. The number of fused-ring (bicyclic) bond motifs is 7. The van der Waals surface area contributed by atoms with E-state index in [4.69, 9.17) is 0 Å². The second-order valence-electron chi connectivity index (χ2n) is 15.7. The molecule has 286 valence electrons. The Morgan fingerprint density at radius 3 is 1.74 bits per heavy atom. The van der Waals surface area contributed by atoms with E-state index in [1.165, 1.54) is 86.1 Å². The molecule has 0 unspecified atom stereocenters. The standard InChI is InChI=1S/C58H38N2S/c1-2-14-41(15-3-1)49-34-30-43(48-24-13-17-40-16-4-5-20-47(40)48)37-56(49)59(46-33-35-58-53(38-46)52-23-8-11-27-57(52)61-58)44-31-28-39(29-32-44)42-18-12-19-45(36-42)60-54-25-9-6-21-50(54)51-22-7-10-26-55(51)60/h1-38H. The van der Waals surface area contributed by atoms with Gasteiger partial charge in [-0.25, -0.2) is 0 Å². The van der Waals surface area contributed by atoms with Crippen molar-refractivity contribution < 1.29 is 0 Å². The fourth-order valence-electron chi connectivity index (χ4n) is 9.33. The Hall–Kier alpha value is -7.72. The van der Waals surface area contributed by atoms with Crippen LogP contribution in [-0.2, 0) is 0 Å². The van der Waals surface area contributed by atoms with E-state index in [2.05, 4.69) is 240 Å². The molecule has 3 heteroatoms. The number of benzene rings is 10. The van der Waals surface area contributed by atoms with E-state index in [0.29, 0.717) is 0 Å². The Morgan fingerprint density at radius 2 is 0.934 bits per heavy atom. The molecule has 0 atom stereocenters. The van der Waals surface area contributed by atoms with Crippen molar-refractivity contribution in [3.63, 3.8) is 0 Å². The Balaban J connectivity index is 1.04. The first-order valence-corrected chi connectivity index (χ1v) is 21.6. The maximum absolute atomic E-state index is 2.46. The minimum Gasteiger partial charge on any atom is -0.310 e. The zero-order chi connectivity index (χ0) is 40.3. The van der Waals surface area contributed by atoms with Gasteiger partial charge in [0.1, 0.15) is 0 Å². The molecule has 2 aromatic heterocycles. The lowest BCUT2D eigenvalue weighted by molar-refractivity contribution is 1.18. The number of aromatic nitrogens is 1. The van der Waals surface area contributed by atoms with Crippen molar-refractivity contribution in [1.82, 2.24) is 4.57 Å². The minimum atomic E-state index is 1.09. The van der Waals surface area contributed by atoms with Gasteiger partial charge in [0.2, 0.25) is 0 Å². The molecule has 0 aliphatic heterocycles. The summed E-state index contributed by atoms with van der Waals surface area (Å²) in [6, 6.07) is 84.3. The fourth-order valence-corrected chi connectivity index (χ4v) is 10.4. The highest BCUT2D eigenvalue weighted by Gasteiger charge is 2.21. The molecule has 0 fully saturated rings. The Morgan fingerprint density at radius 1 is 0.328 bits per heavy atom. The molecule has 0 aliphatic rings. The van der Waals surface area contributed by atoms with Crippen LogP contribution in [0.15, 0.2) is 231 Å². The van der Waals surface area contributed by atoms with Gasteiger partial charge in [-0.1, -0.05) is 164 Å². The Bertz CT molecular complexity index is 3540. The van der Waals surface area contributed by atoms with Gasteiger partial charge >= 0.3 is 0 Å². The van der Waals surface area contributed by atoms with E-state index in [9.17, 15) is 0 Å². The summed E-state index contributed by atoms with van der Waals surface area (Å²) in [4.78, 5) is 2.46. The van der Waals surface area contributed by atoms with Crippen LogP contribution in [0.1, 0.15) is 0 Å². The van der Waals surface area contributed by atoms with Gasteiger partial charge < -0.3 is 9.47 Å². The predicted octanol–water partition coefficient (Wildman–Crippen LogP) is 16.8. The predicted molar refractivity (Wildman–Crippen MR) is 262 cm³/mol. The molecular formula is C58H38N2S.